The molecule has 19 heavy (non-hydrogen) atoms. The molecule has 2 aromatic heterocycles. The fourth-order valence-electron chi connectivity index (χ4n) is 3.08. The van der Waals surface area contributed by atoms with E-state index in [0.29, 0.717) is 17.0 Å². The zero-order valence-corrected chi connectivity index (χ0v) is 10.5. The molecule has 0 spiro atoms. The van der Waals surface area contributed by atoms with Gasteiger partial charge in [0.05, 0.1) is 6.33 Å². The lowest BCUT2D eigenvalue weighted by Crippen LogP contribution is -2.23. The molecule has 7 nitrogen and oxygen atoms in total. The Hall–Kier alpha value is -1.73. The third-order valence-corrected chi connectivity index (χ3v) is 4.12. The quantitative estimate of drug-likeness (QED) is 0.716. The van der Waals surface area contributed by atoms with Gasteiger partial charge in [0, 0.05) is 25.2 Å². The second-order valence-corrected chi connectivity index (χ2v) is 5.02. The van der Waals surface area contributed by atoms with Gasteiger partial charge in [-0.3, -0.25) is 0 Å². The maximum absolute atomic E-state index is 9.56. The van der Waals surface area contributed by atoms with Crippen LogP contribution in [0, 0.1) is 11.8 Å². The van der Waals surface area contributed by atoms with E-state index in [1.54, 1.807) is 6.33 Å². The van der Waals surface area contributed by atoms with Gasteiger partial charge in [-0.1, -0.05) is 0 Å². The maximum Gasteiger partial charge on any atom is 0.165 e. The van der Waals surface area contributed by atoms with Crippen LogP contribution in [0.5, 0.6) is 0 Å². The average molecular weight is 263 g/mol. The van der Waals surface area contributed by atoms with E-state index in [2.05, 4.69) is 15.0 Å². The fourth-order valence-corrected chi connectivity index (χ4v) is 3.08. The van der Waals surface area contributed by atoms with E-state index in [0.717, 1.165) is 12.8 Å². The van der Waals surface area contributed by atoms with Crippen LogP contribution in [-0.2, 0) is 0 Å². The molecule has 102 valence electrons. The van der Waals surface area contributed by atoms with Crippen molar-refractivity contribution >= 4 is 17.0 Å². The van der Waals surface area contributed by atoms with Crippen LogP contribution in [0.1, 0.15) is 18.9 Å². The highest BCUT2D eigenvalue weighted by Crippen LogP contribution is 2.41. The van der Waals surface area contributed by atoms with Crippen molar-refractivity contribution in [2.24, 2.45) is 11.8 Å². The number of aliphatic hydroxyl groups excluding tert-OH is 2. The van der Waals surface area contributed by atoms with E-state index in [1.165, 1.54) is 6.33 Å². The van der Waals surface area contributed by atoms with Crippen LogP contribution >= 0.6 is 0 Å². The molecule has 3 atom stereocenters. The van der Waals surface area contributed by atoms with Gasteiger partial charge in [-0.2, -0.15) is 0 Å². The van der Waals surface area contributed by atoms with Crippen LogP contribution in [0.25, 0.3) is 11.2 Å². The topological polar surface area (TPSA) is 110 Å². The third kappa shape index (κ3) is 1.85. The summed E-state index contributed by atoms with van der Waals surface area (Å²) in [6.07, 6.45) is 4.91. The Morgan fingerprint density at radius 3 is 2.79 bits per heavy atom. The lowest BCUT2D eigenvalue weighted by atomic mass is 9.95. The predicted molar refractivity (Wildman–Crippen MR) is 69.2 cm³/mol. The van der Waals surface area contributed by atoms with Gasteiger partial charge in [-0.15, -0.1) is 0 Å². The molecule has 1 fully saturated rings. The molecule has 1 aliphatic carbocycles. The molecule has 0 aromatic carbocycles. The van der Waals surface area contributed by atoms with Crippen molar-refractivity contribution in [2.75, 3.05) is 18.9 Å². The number of imidazole rings is 1. The minimum absolute atomic E-state index is 0.0265. The van der Waals surface area contributed by atoms with Gasteiger partial charge in [0.15, 0.2) is 11.5 Å². The minimum Gasteiger partial charge on any atom is -0.396 e. The second-order valence-electron chi connectivity index (χ2n) is 5.02. The number of rotatable bonds is 3. The molecule has 0 bridgehead atoms. The zero-order valence-electron chi connectivity index (χ0n) is 10.5. The van der Waals surface area contributed by atoms with Crippen LogP contribution < -0.4 is 5.73 Å². The molecular weight excluding hydrogens is 246 g/mol. The number of aliphatic hydroxyl groups is 2. The van der Waals surface area contributed by atoms with Crippen LogP contribution in [-0.4, -0.2) is 42.9 Å². The van der Waals surface area contributed by atoms with Crippen molar-refractivity contribution in [1.29, 1.82) is 0 Å². The smallest absolute Gasteiger partial charge is 0.165 e. The molecule has 0 radical (unpaired) electrons. The Bertz CT molecular complexity index is 585. The molecule has 1 aliphatic rings. The van der Waals surface area contributed by atoms with Crippen molar-refractivity contribution in [1.82, 2.24) is 19.5 Å². The van der Waals surface area contributed by atoms with Gasteiger partial charge < -0.3 is 20.5 Å². The first-order valence-electron chi connectivity index (χ1n) is 6.41. The summed E-state index contributed by atoms with van der Waals surface area (Å²) in [6, 6.07) is 0.0986. The maximum atomic E-state index is 9.56. The summed E-state index contributed by atoms with van der Waals surface area (Å²) in [6.45, 7) is 0.154. The first kappa shape index (κ1) is 12.3. The van der Waals surface area contributed by atoms with Gasteiger partial charge in [-0.05, 0) is 18.8 Å². The van der Waals surface area contributed by atoms with E-state index >= 15 is 0 Å². The monoisotopic (exact) mass is 263 g/mol. The van der Waals surface area contributed by atoms with Gasteiger partial charge in [0.2, 0.25) is 0 Å². The van der Waals surface area contributed by atoms with E-state index in [4.69, 9.17) is 5.73 Å². The number of fused-ring (bicyclic) bond motifs is 1. The Morgan fingerprint density at radius 2 is 2.05 bits per heavy atom. The standard InChI is InChI=1S/C12H17N5O2/c13-11-10-12(15-5-14-11)17(6-16-10)9-2-1-7(3-18)8(9)4-19/h5-9,18-19H,1-4H2,(H2,13,14,15)/t7-,8-,9-/m1/s1. The molecule has 2 aromatic rings. The summed E-state index contributed by atoms with van der Waals surface area (Å²) in [4.78, 5) is 12.4. The number of nitrogens with zero attached hydrogens (tertiary/aromatic N) is 4. The summed E-state index contributed by atoms with van der Waals surface area (Å²) < 4.78 is 1.95. The Labute approximate surface area is 110 Å². The summed E-state index contributed by atoms with van der Waals surface area (Å²) in [5.74, 6) is 0.520. The first-order chi connectivity index (χ1) is 9.26. The molecule has 0 saturated heterocycles. The van der Waals surface area contributed by atoms with Gasteiger partial charge in [0.25, 0.3) is 0 Å². The van der Waals surface area contributed by atoms with Crippen molar-refractivity contribution in [3.63, 3.8) is 0 Å². The van der Waals surface area contributed by atoms with Crippen LogP contribution in [0.4, 0.5) is 5.82 Å². The largest absolute Gasteiger partial charge is 0.396 e. The van der Waals surface area contributed by atoms with Crippen LogP contribution in [0.15, 0.2) is 12.7 Å². The Kier molecular flexibility index (Phi) is 3.08. The van der Waals surface area contributed by atoms with Gasteiger partial charge >= 0.3 is 0 Å². The summed E-state index contributed by atoms with van der Waals surface area (Å²) in [5, 5.41) is 18.9. The van der Waals surface area contributed by atoms with Crippen molar-refractivity contribution in [3.05, 3.63) is 12.7 Å². The van der Waals surface area contributed by atoms with E-state index in [1.807, 2.05) is 4.57 Å². The lowest BCUT2D eigenvalue weighted by molar-refractivity contribution is 0.121. The summed E-state index contributed by atoms with van der Waals surface area (Å²) in [7, 11) is 0. The molecule has 1 saturated carbocycles. The number of nitrogen functional groups attached to an aromatic ring is 1. The van der Waals surface area contributed by atoms with E-state index in [-0.39, 0.29) is 31.1 Å². The van der Waals surface area contributed by atoms with E-state index < -0.39 is 0 Å². The SMILES string of the molecule is Nc1ncnc2c1ncn2[C@@H]1CC[C@H](CO)[C@H]1CO. The minimum atomic E-state index is 0.0265. The summed E-state index contributed by atoms with van der Waals surface area (Å²) >= 11 is 0. The highest BCUT2D eigenvalue weighted by Gasteiger charge is 2.37. The number of anilines is 1. The highest BCUT2D eigenvalue weighted by molar-refractivity contribution is 5.81. The molecule has 0 unspecified atom stereocenters. The molecule has 4 N–H and O–H groups in total. The highest BCUT2D eigenvalue weighted by atomic mass is 16.3. The number of hydrogen-bond donors (Lipinski definition) is 3. The van der Waals surface area contributed by atoms with Crippen molar-refractivity contribution in [3.8, 4) is 0 Å². The summed E-state index contributed by atoms with van der Waals surface area (Å²) in [5.41, 5.74) is 7.05. The van der Waals surface area contributed by atoms with Crippen molar-refractivity contribution < 1.29 is 10.2 Å². The van der Waals surface area contributed by atoms with Crippen molar-refractivity contribution in [2.45, 2.75) is 18.9 Å². The first-order valence-corrected chi connectivity index (χ1v) is 6.41. The molecular formula is C12H17N5O2. The average Bonchev–Trinajstić information content (AvgIpc) is 3.01. The van der Waals surface area contributed by atoms with Crippen LogP contribution in [0.3, 0.4) is 0 Å². The molecule has 0 amide bonds. The second kappa shape index (κ2) is 4.75. The molecule has 2 heterocycles. The predicted octanol–water partition coefficient (Wildman–Crippen LogP) is -0.0396. The Morgan fingerprint density at radius 1 is 1.21 bits per heavy atom. The van der Waals surface area contributed by atoms with Gasteiger partial charge in [-0.25, -0.2) is 15.0 Å². The third-order valence-electron chi connectivity index (χ3n) is 4.12. The molecule has 3 rings (SSSR count). The normalized spacial score (nSPS) is 27.2. The number of aromatic nitrogens is 4. The molecule has 0 aliphatic heterocycles. The number of hydrogen-bond acceptors (Lipinski definition) is 6. The Balaban J connectivity index is 2.03. The van der Waals surface area contributed by atoms with Gasteiger partial charge in [0.1, 0.15) is 11.8 Å². The van der Waals surface area contributed by atoms with E-state index in [9.17, 15) is 10.2 Å². The fraction of sp³-hybridized carbons (Fsp3) is 0.583. The number of nitrogens with two attached hydrogens (primary N) is 1. The molecule has 7 heteroatoms. The zero-order chi connectivity index (χ0) is 13.4. The lowest BCUT2D eigenvalue weighted by Gasteiger charge is -2.22. The van der Waals surface area contributed by atoms with Crippen LogP contribution in [0.2, 0.25) is 0 Å².